The normalized spacial score (nSPS) is 11.1. The van der Waals surface area contributed by atoms with Gasteiger partial charge in [-0.2, -0.15) is 0 Å². The summed E-state index contributed by atoms with van der Waals surface area (Å²) in [5.74, 6) is 0. The summed E-state index contributed by atoms with van der Waals surface area (Å²) in [6, 6.07) is 8.35. The maximum absolute atomic E-state index is 6.04. The zero-order valence-electron chi connectivity index (χ0n) is 10.0. The van der Waals surface area contributed by atoms with Gasteiger partial charge in [0, 0.05) is 23.2 Å². The largest absolute Gasteiger partial charge is 0.472 e. The van der Waals surface area contributed by atoms with E-state index in [2.05, 4.69) is 19.2 Å². The highest BCUT2D eigenvalue weighted by atomic mass is 35.5. The zero-order valence-corrected chi connectivity index (χ0v) is 10.8. The first-order valence-corrected chi connectivity index (χ1v) is 6.09. The molecule has 1 heterocycles. The minimum Gasteiger partial charge on any atom is -0.472 e. The number of hydrogen-bond acceptors (Lipinski definition) is 2. The topological polar surface area (TPSA) is 25.2 Å². The standard InChI is InChI=1S/C14H16ClNO/c1-10(2)16-8-12-7-13(15)3-4-14(12)11-5-6-17-9-11/h3-7,9-10,16H,8H2,1-2H3. The van der Waals surface area contributed by atoms with Gasteiger partial charge in [0.05, 0.1) is 12.5 Å². The Balaban J connectivity index is 2.31. The van der Waals surface area contributed by atoms with E-state index in [1.54, 1.807) is 12.5 Å². The minimum absolute atomic E-state index is 0.450. The van der Waals surface area contributed by atoms with Gasteiger partial charge in [-0.25, -0.2) is 0 Å². The Bertz CT molecular complexity index is 477. The van der Waals surface area contributed by atoms with Gasteiger partial charge in [-0.05, 0) is 29.3 Å². The van der Waals surface area contributed by atoms with Gasteiger partial charge in [0.25, 0.3) is 0 Å². The molecule has 3 heteroatoms. The van der Waals surface area contributed by atoms with Crippen LogP contribution in [-0.4, -0.2) is 6.04 Å². The van der Waals surface area contributed by atoms with Crippen LogP contribution in [0, 0.1) is 0 Å². The predicted octanol–water partition coefficient (Wildman–Crippen LogP) is 4.10. The highest BCUT2D eigenvalue weighted by Gasteiger charge is 2.07. The average molecular weight is 250 g/mol. The summed E-state index contributed by atoms with van der Waals surface area (Å²) in [4.78, 5) is 0. The molecule has 1 aromatic carbocycles. The van der Waals surface area contributed by atoms with Crippen LogP contribution >= 0.6 is 11.6 Å². The van der Waals surface area contributed by atoms with E-state index in [1.165, 1.54) is 5.56 Å². The number of nitrogens with one attached hydrogen (secondary N) is 1. The van der Waals surface area contributed by atoms with Gasteiger partial charge in [0.1, 0.15) is 0 Å². The quantitative estimate of drug-likeness (QED) is 0.883. The predicted molar refractivity (Wildman–Crippen MR) is 71.1 cm³/mol. The highest BCUT2D eigenvalue weighted by molar-refractivity contribution is 6.30. The summed E-state index contributed by atoms with van der Waals surface area (Å²) in [6.07, 6.45) is 3.44. The van der Waals surface area contributed by atoms with Gasteiger partial charge in [-0.1, -0.05) is 31.5 Å². The third kappa shape index (κ3) is 3.11. The van der Waals surface area contributed by atoms with E-state index in [0.29, 0.717) is 6.04 Å². The molecule has 90 valence electrons. The lowest BCUT2D eigenvalue weighted by Gasteiger charge is -2.12. The van der Waals surface area contributed by atoms with Crippen molar-refractivity contribution >= 4 is 11.6 Å². The lowest BCUT2D eigenvalue weighted by atomic mass is 10.0. The SMILES string of the molecule is CC(C)NCc1cc(Cl)ccc1-c1ccoc1. The smallest absolute Gasteiger partial charge is 0.0981 e. The third-order valence-electron chi connectivity index (χ3n) is 2.60. The van der Waals surface area contributed by atoms with Crippen LogP contribution in [0.3, 0.4) is 0 Å². The number of benzene rings is 1. The molecule has 0 radical (unpaired) electrons. The van der Waals surface area contributed by atoms with Crippen molar-refractivity contribution in [2.45, 2.75) is 26.4 Å². The molecule has 0 aliphatic heterocycles. The van der Waals surface area contributed by atoms with E-state index < -0.39 is 0 Å². The molecule has 2 aromatic rings. The fraction of sp³-hybridized carbons (Fsp3) is 0.286. The molecule has 0 atom stereocenters. The Kier molecular flexibility index (Phi) is 3.87. The van der Waals surface area contributed by atoms with Crippen molar-refractivity contribution in [3.8, 4) is 11.1 Å². The summed E-state index contributed by atoms with van der Waals surface area (Å²) in [6.45, 7) is 5.06. The van der Waals surface area contributed by atoms with E-state index in [9.17, 15) is 0 Å². The molecule has 17 heavy (non-hydrogen) atoms. The van der Waals surface area contributed by atoms with Gasteiger partial charge in [0.15, 0.2) is 0 Å². The van der Waals surface area contributed by atoms with Crippen molar-refractivity contribution in [2.24, 2.45) is 0 Å². The molecule has 2 rings (SSSR count). The molecule has 0 amide bonds. The van der Waals surface area contributed by atoms with Crippen LogP contribution in [0.1, 0.15) is 19.4 Å². The molecular weight excluding hydrogens is 234 g/mol. The van der Waals surface area contributed by atoms with Gasteiger partial charge < -0.3 is 9.73 Å². The molecule has 0 aliphatic rings. The molecule has 1 aromatic heterocycles. The molecule has 0 saturated heterocycles. The lowest BCUT2D eigenvalue weighted by Crippen LogP contribution is -2.22. The molecule has 0 unspecified atom stereocenters. The number of furan rings is 1. The van der Waals surface area contributed by atoms with Crippen LogP contribution < -0.4 is 5.32 Å². The zero-order chi connectivity index (χ0) is 12.3. The second-order valence-electron chi connectivity index (χ2n) is 4.35. The van der Waals surface area contributed by atoms with Crippen molar-refractivity contribution in [3.63, 3.8) is 0 Å². The minimum atomic E-state index is 0.450. The fourth-order valence-electron chi connectivity index (χ4n) is 1.72. The number of hydrogen-bond donors (Lipinski definition) is 1. The monoisotopic (exact) mass is 249 g/mol. The molecule has 2 nitrogen and oxygen atoms in total. The summed E-state index contributed by atoms with van der Waals surface area (Å²) in [7, 11) is 0. The van der Waals surface area contributed by atoms with Crippen LogP contribution in [0.25, 0.3) is 11.1 Å². The van der Waals surface area contributed by atoms with E-state index in [0.717, 1.165) is 22.7 Å². The first-order valence-electron chi connectivity index (χ1n) is 5.71. The first-order chi connectivity index (χ1) is 8.16. The molecular formula is C14H16ClNO. The molecule has 0 bridgehead atoms. The van der Waals surface area contributed by atoms with Crippen LogP contribution in [-0.2, 0) is 6.54 Å². The Morgan fingerprint density at radius 2 is 2.12 bits per heavy atom. The number of rotatable bonds is 4. The van der Waals surface area contributed by atoms with Gasteiger partial charge in [-0.15, -0.1) is 0 Å². The fourth-order valence-corrected chi connectivity index (χ4v) is 1.92. The van der Waals surface area contributed by atoms with Crippen molar-refractivity contribution in [1.82, 2.24) is 5.32 Å². The first kappa shape index (κ1) is 12.2. The summed E-state index contributed by atoms with van der Waals surface area (Å²) in [5, 5.41) is 4.16. The molecule has 0 aliphatic carbocycles. The van der Waals surface area contributed by atoms with E-state index in [1.807, 2.05) is 24.3 Å². The second kappa shape index (κ2) is 5.39. The molecule has 0 saturated carbocycles. The van der Waals surface area contributed by atoms with Gasteiger partial charge in [-0.3, -0.25) is 0 Å². The van der Waals surface area contributed by atoms with Crippen molar-refractivity contribution < 1.29 is 4.42 Å². The second-order valence-corrected chi connectivity index (χ2v) is 4.79. The van der Waals surface area contributed by atoms with Crippen molar-refractivity contribution in [1.29, 1.82) is 0 Å². The summed E-state index contributed by atoms with van der Waals surface area (Å²) >= 11 is 6.04. The van der Waals surface area contributed by atoms with Crippen molar-refractivity contribution in [2.75, 3.05) is 0 Å². The lowest BCUT2D eigenvalue weighted by molar-refractivity contribution is 0.568. The van der Waals surface area contributed by atoms with Gasteiger partial charge in [0.2, 0.25) is 0 Å². The van der Waals surface area contributed by atoms with Crippen molar-refractivity contribution in [3.05, 3.63) is 47.4 Å². The molecule has 1 N–H and O–H groups in total. The molecule has 0 spiro atoms. The Hall–Kier alpha value is -1.25. The van der Waals surface area contributed by atoms with E-state index >= 15 is 0 Å². The van der Waals surface area contributed by atoms with E-state index in [4.69, 9.17) is 16.0 Å². The van der Waals surface area contributed by atoms with Crippen LogP contribution in [0.2, 0.25) is 5.02 Å². The third-order valence-corrected chi connectivity index (χ3v) is 2.84. The molecule has 0 fully saturated rings. The van der Waals surface area contributed by atoms with E-state index in [-0.39, 0.29) is 0 Å². The van der Waals surface area contributed by atoms with Crippen LogP contribution in [0.15, 0.2) is 41.2 Å². The van der Waals surface area contributed by atoms with Crippen LogP contribution in [0.5, 0.6) is 0 Å². The summed E-state index contributed by atoms with van der Waals surface area (Å²) < 4.78 is 5.13. The maximum atomic E-state index is 6.04. The summed E-state index contributed by atoms with van der Waals surface area (Å²) in [5.41, 5.74) is 3.44. The number of halogens is 1. The van der Waals surface area contributed by atoms with Crippen LogP contribution in [0.4, 0.5) is 0 Å². The Morgan fingerprint density at radius 1 is 1.29 bits per heavy atom. The highest BCUT2D eigenvalue weighted by Crippen LogP contribution is 2.26. The Morgan fingerprint density at radius 3 is 2.76 bits per heavy atom. The van der Waals surface area contributed by atoms with Gasteiger partial charge >= 0.3 is 0 Å². The maximum Gasteiger partial charge on any atom is 0.0981 e. The Labute approximate surface area is 107 Å². The average Bonchev–Trinajstić information content (AvgIpc) is 2.80.